The smallest absolute Gasteiger partial charge is 0.417 e. The zero-order valence-electron chi connectivity index (χ0n) is 21.6. The molecule has 0 aliphatic heterocycles. The van der Waals surface area contributed by atoms with Gasteiger partial charge in [-0.15, -0.1) is 0 Å². The van der Waals surface area contributed by atoms with Crippen molar-refractivity contribution < 1.29 is 31.5 Å². The average Bonchev–Trinajstić information content (AvgIpc) is 3.35. The normalized spacial score (nSPS) is 12.2. The van der Waals surface area contributed by atoms with Gasteiger partial charge in [0.15, 0.2) is 11.6 Å². The molecule has 0 aliphatic rings. The van der Waals surface area contributed by atoms with Crippen molar-refractivity contribution in [3.63, 3.8) is 0 Å². The Bertz CT molecular complexity index is 1790. The lowest BCUT2D eigenvalue weighted by atomic mass is 10.1. The summed E-state index contributed by atoms with van der Waals surface area (Å²) < 4.78 is 73.4. The first-order chi connectivity index (χ1) is 20.1. The van der Waals surface area contributed by atoms with Crippen LogP contribution in [0.5, 0.6) is 5.75 Å². The molecule has 0 saturated carbocycles. The number of aromatic amines is 2. The molecular weight excluding hydrogens is 561 g/mol. The summed E-state index contributed by atoms with van der Waals surface area (Å²) in [7, 11) is 0. The summed E-state index contributed by atoms with van der Waals surface area (Å²) in [5, 5.41) is 5.44. The number of pyridine rings is 1. The van der Waals surface area contributed by atoms with Crippen LogP contribution in [-0.2, 0) is 12.7 Å². The van der Waals surface area contributed by atoms with Crippen LogP contribution in [0.3, 0.4) is 0 Å². The van der Waals surface area contributed by atoms with Crippen LogP contribution in [0, 0.1) is 11.6 Å². The number of imidazole rings is 1. The molecule has 0 aliphatic carbocycles. The number of carbonyl (C=O) groups is 1. The molecule has 216 valence electrons. The van der Waals surface area contributed by atoms with E-state index in [1.165, 1.54) is 6.07 Å². The molecular formula is C29H22F5N5O3. The van der Waals surface area contributed by atoms with E-state index in [-0.39, 0.29) is 30.2 Å². The minimum Gasteiger partial charge on any atom is -0.491 e. The third-order valence-corrected chi connectivity index (χ3v) is 6.31. The Morgan fingerprint density at radius 1 is 0.929 bits per heavy atom. The average molecular weight is 584 g/mol. The maximum absolute atomic E-state index is 13.6. The fraction of sp³-hybridized carbons (Fsp3) is 0.138. The maximum Gasteiger partial charge on any atom is 0.417 e. The van der Waals surface area contributed by atoms with Crippen molar-refractivity contribution in [2.45, 2.75) is 18.8 Å². The number of ether oxygens (including phenoxy) is 1. The van der Waals surface area contributed by atoms with E-state index in [9.17, 15) is 31.5 Å². The summed E-state index contributed by atoms with van der Waals surface area (Å²) in [5.74, 6) is -2.87. The van der Waals surface area contributed by atoms with E-state index in [4.69, 9.17) is 4.74 Å². The van der Waals surface area contributed by atoms with E-state index in [0.717, 1.165) is 12.1 Å². The van der Waals surface area contributed by atoms with Gasteiger partial charge in [0.2, 0.25) is 0 Å². The molecule has 0 saturated heterocycles. The largest absolute Gasteiger partial charge is 0.491 e. The number of fused-ring (bicyclic) bond motifs is 1. The standard InChI is InChI=1S/C29H22F5N5O3/c30-21-8-6-16(10-22(21)31)13-36-27(40)20-11-18(29(32,33)34)14-35-26(20)37-25(17-4-2-1-3-5-17)15-42-19-7-9-23-24(12-19)39-28(41)38-23/h1-12,14,25H,13,15H2,(H,35,37)(H,36,40)(H2,38,39,41). The highest BCUT2D eigenvalue weighted by Crippen LogP contribution is 2.32. The molecule has 42 heavy (non-hydrogen) atoms. The number of H-pyrrole nitrogens is 2. The molecule has 1 unspecified atom stereocenters. The van der Waals surface area contributed by atoms with Crippen molar-refractivity contribution >= 4 is 22.8 Å². The number of aromatic nitrogens is 3. The second kappa shape index (κ2) is 11.7. The molecule has 1 amide bonds. The van der Waals surface area contributed by atoms with Crippen molar-refractivity contribution in [2.24, 2.45) is 0 Å². The van der Waals surface area contributed by atoms with Gasteiger partial charge in [-0.2, -0.15) is 13.2 Å². The number of nitrogens with one attached hydrogen (secondary N) is 4. The molecule has 8 nitrogen and oxygen atoms in total. The second-order valence-electron chi connectivity index (χ2n) is 9.25. The summed E-state index contributed by atoms with van der Waals surface area (Å²) >= 11 is 0. The Kier molecular flexibility index (Phi) is 7.91. The van der Waals surface area contributed by atoms with Crippen molar-refractivity contribution in [3.05, 3.63) is 123 Å². The lowest BCUT2D eigenvalue weighted by molar-refractivity contribution is -0.137. The van der Waals surface area contributed by atoms with Gasteiger partial charge in [-0.1, -0.05) is 36.4 Å². The molecule has 5 rings (SSSR count). The SMILES string of the molecule is O=C(NCc1ccc(F)c(F)c1)c1cc(C(F)(F)F)cnc1NC(COc1ccc2[nH]c(=O)[nH]c2c1)c1ccccc1. The van der Waals surface area contributed by atoms with Gasteiger partial charge in [-0.05, 0) is 41.5 Å². The van der Waals surface area contributed by atoms with Gasteiger partial charge in [-0.25, -0.2) is 18.6 Å². The van der Waals surface area contributed by atoms with E-state index in [1.807, 2.05) is 0 Å². The van der Waals surface area contributed by atoms with Crippen LogP contribution in [0.15, 0.2) is 83.8 Å². The van der Waals surface area contributed by atoms with E-state index in [1.54, 1.807) is 48.5 Å². The predicted octanol–water partition coefficient (Wildman–Crippen LogP) is 5.71. The highest BCUT2D eigenvalue weighted by Gasteiger charge is 2.33. The molecule has 2 heterocycles. The minimum atomic E-state index is -4.78. The Hall–Kier alpha value is -5.20. The van der Waals surface area contributed by atoms with Crippen LogP contribution >= 0.6 is 0 Å². The van der Waals surface area contributed by atoms with Gasteiger partial charge in [0.05, 0.1) is 28.2 Å². The summed E-state index contributed by atoms with van der Waals surface area (Å²) in [6, 6.07) is 16.7. The molecule has 2 aromatic heterocycles. The number of rotatable bonds is 9. The van der Waals surface area contributed by atoms with E-state index < -0.39 is 40.9 Å². The van der Waals surface area contributed by atoms with Crippen molar-refractivity contribution in [3.8, 4) is 5.75 Å². The molecule has 0 bridgehead atoms. The first-order valence-corrected chi connectivity index (χ1v) is 12.5. The quantitative estimate of drug-likeness (QED) is 0.166. The van der Waals surface area contributed by atoms with Crippen LogP contribution in [0.1, 0.15) is 33.1 Å². The number of alkyl halides is 3. The third-order valence-electron chi connectivity index (χ3n) is 6.31. The van der Waals surface area contributed by atoms with Gasteiger partial charge < -0.3 is 25.3 Å². The van der Waals surface area contributed by atoms with Crippen LogP contribution < -0.4 is 21.1 Å². The molecule has 3 aromatic carbocycles. The molecule has 13 heteroatoms. The van der Waals surface area contributed by atoms with Crippen LogP contribution in [0.25, 0.3) is 11.0 Å². The number of hydrogen-bond donors (Lipinski definition) is 4. The zero-order valence-corrected chi connectivity index (χ0v) is 21.6. The molecule has 1 atom stereocenters. The minimum absolute atomic E-state index is 0.0389. The number of anilines is 1. The van der Waals surface area contributed by atoms with Crippen LogP contribution in [-0.4, -0.2) is 27.5 Å². The number of carbonyl (C=O) groups excluding carboxylic acids is 1. The third kappa shape index (κ3) is 6.57. The second-order valence-corrected chi connectivity index (χ2v) is 9.25. The van der Waals surface area contributed by atoms with Gasteiger partial charge in [0.25, 0.3) is 5.91 Å². The number of benzene rings is 3. The highest BCUT2D eigenvalue weighted by atomic mass is 19.4. The number of nitrogens with zero attached hydrogens (tertiary/aromatic N) is 1. The van der Waals surface area contributed by atoms with Gasteiger partial charge in [0.1, 0.15) is 18.2 Å². The number of halogens is 5. The van der Waals surface area contributed by atoms with Crippen LogP contribution in [0.2, 0.25) is 0 Å². The fourth-order valence-electron chi connectivity index (χ4n) is 4.19. The summed E-state index contributed by atoms with van der Waals surface area (Å²) in [4.78, 5) is 33.9. The summed E-state index contributed by atoms with van der Waals surface area (Å²) in [6.45, 7) is -0.316. The van der Waals surface area contributed by atoms with Gasteiger partial charge in [-0.3, -0.25) is 4.79 Å². The Morgan fingerprint density at radius 3 is 2.43 bits per heavy atom. The lowest BCUT2D eigenvalue weighted by Gasteiger charge is -2.22. The van der Waals surface area contributed by atoms with Crippen LogP contribution in [0.4, 0.5) is 27.8 Å². The van der Waals surface area contributed by atoms with E-state index in [2.05, 4.69) is 25.6 Å². The van der Waals surface area contributed by atoms with Crippen molar-refractivity contribution in [1.82, 2.24) is 20.3 Å². The Morgan fingerprint density at radius 2 is 1.69 bits per heavy atom. The first kappa shape index (κ1) is 28.3. The highest BCUT2D eigenvalue weighted by molar-refractivity contribution is 5.99. The lowest BCUT2D eigenvalue weighted by Crippen LogP contribution is -2.27. The topological polar surface area (TPSA) is 112 Å². The molecule has 5 aromatic rings. The fourth-order valence-corrected chi connectivity index (χ4v) is 4.19. The zero-order chi connectivity index (χ0) is 29.9. The molecule has 0 radical (unpaired) electrons. The maximum atomic E-state index is 13.6. The van der Waals surface area contributed by atoms with E-state index >= 15 is 0 Å². The number of hydrogen-bond acceptors (Lipinski definition) is 5. The first-order valence-electron chi connectivity index (χ1n) is 12.5. The van der Waals surface area contributed by atoms with E-state index in [0.29, 0.717) is 34.6 Å². The predicted molar refractivity (Wildman–Crippen MR) is 144 cm³/mol. The monoisotopic (exact) mass is 583 g/mol. The molecule has 0 spiro atoms. The van der Waals surface area contributed by atoms with Crippen molar-refractivity contribution in [1.29, 1.82) is 0 Å². The van der Waals surface area contributed by atoms with Gasteiger partial charge in [0, 0.05) is 18.8 Å². The molecule has 0 fully saturated rings. The van der Waals surface area contributed by atoms with Gasteiger partial charge >= 0.3 is 11.9 Å². The Balaban J connectivity index is 1.42. The molecule has 4 N–H and O–H groups in total. The summed E-state index contributed by atoms with van der Waals surface area (Å²) in [6.07, 6.45) is -4.17. The Labute approximate surface area is 234 Å². The number of amides is 1. The van der Waals surface area contributed by atoms with Crippen molar-refractivity contribution in [2.75, 3.05) is 11.9 Å². The summed E-state index contributed by atoms with van der Waals surface area (Å²) in [5.41, 5.74) is 0.0439.